The van der Waals surface area contributed by atoms with Crippen LogP contribution in [0.25, 0.3) is 0 Å². The van der Waals surface area contributed by atoms with Crippen molar-refractivity contribution >= 4 is 5.78 Å². The SMILES string of the molecule is CCO[C@@H](C)C1(C)C2=CC(=O)[C@@]3(C)C[C@@](C)(CC(C)C)CC[C@]3(C)C2CCC1C[C@@H](O)CC. The molecule has 3 heteroatoms. The first-order chi connectivity index (χ1) is 15.3. The Kier molecular flexibility index (Phi) is 7.68. The number of ether oxygens (including phenoxy) is 1. The van der Waals surface area contributed by atoms with Crippen LogP contribution < -0.4 is 0 Å². The van der Waals surface area contributed by atoms with Crippen LogP contribution in [0.2, 0.25) is 0 Å². The molecular formula is C30H52O3. The topological polar surface area (TPSA) is 46.5 Å². The van der Waals surface area contributed by atoms with Gasteiger partial charge in [-0.15, -0.1) is 0 Å². The molecule has 3 rings (SSSR count). The van der Waals surface area contributed by atoms with Gasteiger partial charge in [-0.1, -0.05) is 54.0 Å². The third-order valence-electron chi connectivity index (χ3n) is 10.7. The first kappa shape index (κ1) is 26.9. The summed E-state index contributed by atoms with van der Waals surface area (Å²) in [4.78, 5) is 14.1. The highest BCUT2D eigenvalue weighted by molar-refractivity contribution is 5.97. The second-order valence-corrected chi connectivity index (χ2v) is 13.3. The highest BCUT2D eigenvalue weighted by Crippen LogP contribution is 2.69. The highest BCUT2D eigenvalue weighted by Gasteiger charge is 2.64. The number of hydrogen-bond donors (Lipinski definition) is 1. The van der Waals surface area contributed by atoms with E-state index in [0.717, 1.165) is 38.5 Å². The van der Waals surface area contributed by atoms with Gasteiger partial charge in [0.2, 0.25) is 0 Å². The summed E-state index contributed by atoms with van der Waals surface area (Å²) in [5, 5.41) is 10.6. The van der Waals surface area contributed by atoms with Crippen molar-refractivity contribution in [1.82, 2.24) is 0 Å². The number of fused-ring (bicyclic) bond motifs is 3. The average Bonchev–Trinajstić information content (AvgIpc) is 2.72. The largest absolute Gasteiger partial charge is 0.393 e. The molecule has 2 fully saturated rings. The summed E-state index contributed by atoms with van der Waals surface area (Å²) in [5.41, 5.74) is 1.06. The third kappa shape index (κ3) is 4.39. The first-order valence-electron chi connectivity index (χ1n) is 13.8. The molecule has 8 atom stereocenters. The van der Waals surface area contributed by atoms with Gasteiger partial charge in [0.25, 0.3) is 0 Å². The van der Waals surface area contributed by atoms with Gasteiger partial charge in [-0.05, 0) is 99.9 Å². The molecular weight excluding hydrogens is 408 g/mol. The van der Waals surface area contributed by atoms with Crippen LogP contribution in [-0.2, 0) is 9.53 Å². The van der Waals surface area contributed by atoms with Crippen LogP contribution in [0.4, 0.5) is 0 Å². The molecule has 0 radical (unpaired) electrons. The molecule has 190 valence electrons. The van der Waals surface area contributed by atoms with Crippen LogP contribution in [0, 0.1) is 39.4 Å². The Hall–Kier alpha value is -0.670. The van der Waals surface area contributed by atoms with Gasteiger partial charge in [0.1, 0.15) is 0 Å². The smallest absolute Gasteiger partial charge is 0.162 e. The first-order valence-corrected chi connectivity index (χ1v) is 13.8. The van der Waals surface area contributed by atoms with Gasteiger partial charge in [0.15, 0.2) is 5.78 Å². The molecule has 0 bridgehead atoms. The van der Waals surface area contributed by atoms with Crippen LogP contribution in [0.15, 0.2) is 11.6 Å². The summed E-state index contributed by atoms with van der Waals surface area (Å²) in [6, 6.07) is 0. The van der Waals surface area contributed by atoms with Gasteiger partial charge in [-0.25, -0.2) is 0 Å². The fourth-order valence-electron chi connectivity index (χ4n) is 8.57. The maximum Gasteiger partial charge on any atom is 0.162 e. The van der Waals surface area contributed by atoms with Crippen LogP contribution >= 0.6 is 0 Å². The van der Waals surface area contributed by atoms with E-state index in [2.05, 4.69) is 68.4 Å². The second kappa shape index (κ2) is 9.41. The lowest BCUT2D eigenvalue weighted by molar-refractivity contribution is -0.156. The van der Waals surface area contributed by atoms with Crippen LogP contribution in [0.3, 0.4) is 0 Å². The number of rotatable bonds is 8. The fourth-order valence-corrected chi connectivity index (χ4v) is 8.57. The summed E-state index contributed by atoms with van der Waals surface area (Å²) >= 11 is 0. The number of carbonyl (C=O) groups is 1. The van der Waals surface area contributed by atoms with Crippen molar-refractivity contribution < 1.29 is 14.6 Å². The third-order valence-corrected chi connectivity index (χ3v) is 10.7. The molecule has 3 aliphatic carbocycles. The number of ketones is 1. The van der Waals surface area contributed by atoms with Crippen molar-refractivity contribution in [3.05, 3.63) is 11.6 Å². The minimum Gasteiger partial charge on any atom is -0.393 e. The molecule has 0 saturated heterocycles. The lowest BCUT2D eigenvalue weighted by Gasteiger charge is -2.64. The Balaban J connectivity index is 2.07. The number of allylic oxidation sites excluding steroid dienone is 1. The number of hydrogen-bond acceptors (Lipinski definition) is 3. The van der Waals surface area contributed by atoms with Gasteiger partial charge >= 0.3 is 0 Å². The van der Waals surface area contributed by atoms with Crippen molar-refractivity contribution in [2.75, 3.05) is 6.61 Å². The van der Waals surface area contributed by atoms with Crippen LogP contribution in [-0.4, -0.2) is 29.7 Å². The van der Waals surface area contributed by atoms with E-state index in [0.29, 0.717) is 30.1 Å². The molecule has 0 spiro atoms. The quantitative estimate of drug-likeness (QED) is 0.411. The molecule has 1 N–H and O–H groups in total. The monoisotopic (exact) mass is 460 g/mol. The normalized spacial score (nSPS) is 43.0. The van der Waals surface area contributed by atoms with E-state index in [1.165, 1.54) is 18.4 Å². The van der Waals surface area contributed by atoms with E-state index in [1.807, 2.05) is 0 Å². The minimum atomic E-state index is -0.297. The average molecular weight is 461 g/mol. The maximum absolute atomic E-state index is 14.1. The van der Waals surface area contributed by atoms with Crippen molar-refractivity contribution in [3.8, 4) is 0 Å². The molecule has 0 heterocycles. The zero-order valence-electron chi connectivity index (χ0n) is 23.1. The van der Waals surface area contributed by atoms with E-state index in [4.69, 9.17) is 4.74 Å². The molecule has 0 aromatic rings. The van der Waals surface area contributed by atoms with Crippen molar-refractivity contribution in [2.45, 2.75) is 126 Å². The number of carbonyl (C=O) groups excluding carboxylic acids is 1. The molecule has 33 heavy (non-hydrogen) atoms. The molecule has 2 saturated carbocycles. The van der Waals surface area contributed by atoms with Gasteiger partial charge < -0.3 is 9.84 Å². The Morgan fingerprint density at radius 2 is 1.76 bits per heavy atom. The van der Waals surface area contributed by atoms with Crippen molar-refractivity contribution in [1.29, 1.82) is 0 Å². The number of aliphatic hydroxyl groups excluding tert-OH is 1. The molecule has 0 amide bonds. The van der Waals surface area contributed by atoms with E-state index < -0.39 is 0 Å². The standard InChI is InChI=1S/C30H52O3/c1-10-23(31)16-22-12-13-24-25(30(22,9)21(5)33-11-2)17-26(32)29(8)19-27(6,18-20(3)4)14-15-28(24,29)7/h17,20-24,31H,10-16,18-19H2,1-9H3/t21-,22?,23-,24?,27+,28+,29+,30?/m0/s1. The lowest BCUT2D eigenvalue weighted by Crippen LogP contribution is -2.61. The summed E-state index contributed by atoms with van der Waals surface area (Å²) in [6.45, 7) is 21.1. The Bertz CT molecular complexity index is 756. The predicted octanol–water partition coefficient (Wildman–Crippen LogP) is 7.36. The second-order valence-electron chi connectivity index (χ2n) is 13.3. The maximum atomic E-state index is 14.1. The van der Waals surface area contributed by atoms with E-state index in [1.54, 1.807) is 0 Å². The Morgan fingerprint density at radius 1 is 1.09 bits per heavy atom. The number of aliphatic hydroxyl groups is 1. The Labute approximate surface area is 204 Å². The van der Waals surface area contributed by atoms with Gasteiger partial charge in [0, 0.05) is 17.4 Å². The van der Waals surface area contributed by atoms with Crippen LogP contribution in [0.5, 0.6) is 0 Å². The van der Waals surface area contributed by atoms with Crippen molar-refractivity contribution in [3.63, 3.8) is 0 Å². The highest BCUT2D eigenvalue weighted by atomic mass is 16.5. The summed E-state index contributed by atoms with van der Waals surface area (Å²) < 4.78 is 6.25. The van der Waals surface area contributed by atoms with Gasteiger partial charge in [0.05, 0.1) is 12.2 Å². The summed E-state index contributed by atoms with van der Waals surface area (Å²) in [5.74, 6) is 1.76. The molecule has 3 aliphatic rings. The van der Waals surface area contributed by atoms with E-state index in [9.17, 15) is 9.90 Å². The minimum absolute atomic E-state index is 0.00774. The summed E-state index contributed by atoms with van der Waals surface area (Å²) in [7, 11) is 0. The Morgan fingerprint density at radius 3 is 2.33 bits per heavy atom. The lowest BCUT2D eigenvalue weighted by atomic mass is 9.39. The van der Waals surface area contributed by atoms with Gasteiger partial charge in [-0.3, -0.25) is 4.79 Å². The fraction of sp³-hybridized carbons (Fsp3) is 0.900. The van der Waals surface area contributed by atoms with E-state index in [-0.39, 0.29) is 33.9 Å². The summed E-state index contributed by atoms with van der Waals surface area (Å²) in [6.07, 6.45) is 10.2. The van der Waals surface area contributed by atoms with Crippen LogP contribution in [0.1, 0.15) is 114 Å². The zero-order valence-corrected chi connectivity index (χ0v) is 23.1. The van der Waals surface area contributed by atoms with Crippen molar-refractivity contribution in [2.24, 2.45) is 39.4 Å². The molecule has 0 aromatic heterocycles. The molecule has 0 aliphatic heterocycles. The zero-order chi connectivity index (χ0) is 24.8. The van der Waals surface area contributed by atoms with Gasteiger partial charge in [-0.2, -0.15) is 0 Å². The predicted molar refractivity (Wildman–Crippen MR) is 137 cm³/mol. The van der Waals surface area contributed by atoms with E-state index >= 15 is 0 Å². The molecule has 0 aromatic carbocycles. The molecule has 3 nitrogen and oxygen atoms in total. The molecule has 3 unspecified atom stereocenters.